The Morgan fingerprint density at radius 2 is 1.63 bits per heavy atom. The van der Waals surface area contributed by atoms with E-state index in [2.05, 4.69) is 19.9 Å². The number of hydrogen-bond acceptors (Lipinski definition) is 4. The molecule has 30 heavy (non-hydrogen) atoms. The van der Waals surface area contributed by atoms with Crippen molar-refractivity contribution in [1.29, 1.82) is 0 Å². The first-order chi connectivity index (χ1) is 14.4. The van der Waals surface area contributed by atoms with Crippen LogP contribution in [0.5, 0.6) is 11.5 Å². The van der Waals surface area contributed by atoms with Crippen LogP contribution in [0.1, 0.15) is 55.5 Å². The van der Waals surface area contributed by atoms with Crippen molar-refractivity contribution >= 4 is 11.7 Å². The van der Waals surface area contributed by atoms with Crippen molar-refractivity contribution in [2.45, 2.75) is 45.6 Å². The fourth-order valence-electron chi connectivity index (χ4n) is 3.81. The molecule has 1 aliphatic rings. The largest absolute Gasteiger partial charge is 0.497 e. The first-order valence-electron chi connectivity index (χ1n) is 10.6. The van der Waals surface area contributed by atoms with Crippen molar-refractivity contribution in [3.05, 3.63) is 59.7 Å². The molecule has 5 heteroatoms. The van der Waals surface area contributed by atoms with Crippen molar-refractivity contribution in [3.8, 4) is 11.5 Å². The number of hydrogen-bond donors (Lipinski definition) is 0. The van der Waals surface area contributed by atoms with E-state index < -0.39 is 6.10 Å². The predicted octanol–water partition coefficient (Wildman–Crippen LogP) is 4.71. The van der Waals surface area contributed by atoms with Crippen LogP contribution in [0.4, 0.5) is 0 Å². The summed E-state index contributed by atoms with van der Waals surface area (Å²) in [6.07, 6.45) is 0.791. The second-order valence-corrected chi connectivity index (χ2v) is 8.18. The third-order valence-electron chi connectivity index (χ3n) is 5.74. The minimum absolute atomic E-state index is 0.0275. The molecule has 1 aliphatic heterocycles. The van der Waals surface area contributed by atoms with Crippen molar-refractivity contribution in [2.75, 3.05) is 20.2 Å². The summed E-state index contributed by atoms with van der Waals surface area (Å²) in [7, 11) is 1.61. The lowest BCUT2D eigenvalue weighted by molar-refractivity contribution is -0.139. The van der Waals surface area contributed by atoms with E-state index in [0.29, 0.717) is 43.2 Å². The van der Waals surface area contributed by atoms with Crippen LogP contribution in [-0.2, 0) is 4.79 Å². The summed E-state index contributed by atoms with van der Waals surface area (Å²) in [6, 6.07) is 15.1. The van der Waals surface area contributed by atoms with Crippen LogP contribution >= 0.6 is 0 Å². The van der Waals surface area contributed by atoms with Gasteiger partial charge in [0.25, 0.3) is 5.91 Å². The zero-order chi connectivity index (χ0) is 21.7. The molecule has 0 bridgehead atoms. The van der Waals surface area contributed by atoms with Gasteiger partial charge >= 0.3 is 0 Å². The van der Waals surface area contributed by atoms with Gasteiger partial charge in [0, 0.05) is 24.6 Å². The van der Waals surface area contributed by atoms with Crippen molar-refractivity contribution < 1.29 is 19.1 Å². The fourth-order valence-corrected chi connectivity index (χ4v) is 3.81. The molecule has 0 spiro atoms. The van der Waals surface area contributed by atoms with E-state index in [1.807, 2.05) is 23.1 Å². The smallest absolute Gasteiger partial charge is 0.263 e. The van der Waals surface area contributed by atoms with Crippen LogP contribution < -0.4 is 9.47 Å². The van der Waals surface area contributed by atoms with E-state index in [0.717, 1.165) is 5.75 Å². The maximum Gasteiger partial charge on any atom is 0.263 e. The second kappa shape index (κ2) is 9.79. The van der Waals surface area contributed by atoms with E-state index >= 15 is 0 Å². The number of benzene rings is 2. The quantitative estimate of drug-likeness (QED) is 0.622. The van der Waals surface area contributed by atoms with E-state index in [1.54, 1.807) is 38.3 Å². The van der Waals surface area contributed by atoms with E-state index in [9.17, 15) is 9.59 Å². The molecule has 5 nitrogen and oxygen atoms in total. The topological polar surface area (TPSA) is 55.8 Å². The molecule has 0 aliphatic carbocycles. The van der Waals surface area contributed by atoms with Crippen LogP contribution in [0, 0.1) is 5.92 Å². The molecule has 0 N–H and O–H groups in total. The number of likely N-dealkylation sites (tertiary alicyclic amines) is 1. The van der Waals surface area contributed by atoms with Gasteiger partial charge in [0.1, 0.15) is 11.5 Å². The van der Waals surface area contributed by atoms with E-state index in [4.69, 9.17) is 9.47 Å². The molecule has 2 aromatic rings. The molecule has 2 aromatic carbocycles. The van der Waals surface area contributed by atoms with Gasteiger partial charge in [-0.05, 0) is 67.6 Å². The summed E-state index contributed by atoms with van der Waals surface area (Å²) in [6.45, 7) is 7.20. The average Bonchev–Trinajstić information content (AvgIpc) is 2.78. The van der Waals surface area contributed by atoms with Crippen LogP contribution in [0.15, 0.2) is 48.5 Å². The number of methoxy groups -OCH3 is 1. The Morgan fingerprint density at radius 3 is 2.23 bits per heavy atom. The van der Waals surface area contributed by atoms with Gasteiger partial charge in [-0.25, -0.2) is 0 Å². The molecule has 1 amide bonds. The Labute approximate surface area is 179 Å². The van der Waals surface area contributed by atoms with Crippen LogP contribution in [0.2, 0.25) is 0 Å². The number of amides is 1. The SMILES string of the molecule is COc1ccc(C(=O)C2CCN(C(=O)C(C)Oc3cccc(C(C)C)c3)CC2)cc1. The number of ether oxygens (including phenoxy) is 2. The molecular formula is C25H31NO4. The summed E-state index contributed by atoms with van der Waals surface area (Å²) >= 11 is 0. The summed E-state index contributed by atoms with van der Waals surface area (Å²) in [5.41, 5.74) is 1.88. The summed E-state index contributed by atoms with van der Waals surface area (Å²) < 4.78 is 11.1. The number of piperidine rings is 1. The zero-order valence-corrected chi connectivity index (χ0v) is 18.3. The highest BCUT2D eigenvalue weighted by molar-refractivity contribution is 5.98. The lowest BCUT2D eigenvalue weighted by Gasteiger charge is -2.33. The van der Waals surface area contributed by atoms with Gasteiger partial charge in [0.05, 0.1) is 7.11 Å². The third-order valence-corrected chi connectivity index (χ3v) is 5.74. The second-order valence-electron chi connectivity index (χ2n) is 8.18. The average molecular weight is 410 g/mol. The number of carbonyl (C=O) groups is 2. The maximum atomic E-state index is 12.8. The molecule has 1 unspecified atom stereocenters. The van der Waals surface area contributed by atoms with E-state index in [-0.39, 0.29) is 17.6 Å². The van der Waals surface area contributed by atoms with Crippen LogP contribution in [0.25, 0.3) is 0 Å². The van der Waals surface area contributed by atoms with Gasteiger partial charge in [0.2, 0.25) is 0 Å². The lowest BCUT2D eigenvalue weighted by Crippen LogP contribution is -2.45. The van der Waals surface area contributed by atoms with Crippen molar-refractivity contribution in [2.24, 2.45) is 5.92 Å². The first-order valence-corrected chi connectivity index (χ1v) is 10.6. The van der Waals surface area contributed by atoms with Gasteiger partial charge in [-0.3, -0.25) is 9.59 Å². The van der Waals surface area contributed by atoms with Gasteiger partial charge in [-0.2, -0.15) is 0 Å². The zero-order valence-electron chi connectivity index (χ0n) is 18.3. The monoisotopic (exact) mass is 409 g/mol. The Morgan fingerprint density at radius 1 is 0.967 bits per heavy atom. The lowest BCUT2D eigenvalue weighted by atomic mass is 9.88. The van der Waals surface area contributed by atoms with Gasteiger partial charge in [0.15, 0.2) is 11.9 Å². The summed E-state index contributed by atoms with van der Waals surface area (Å²) in [5.74, 6) is 1.91. The van der Waals surface area contributed by atoms with Crippen molar-refractivity contribution in [3.63, 3.8) is 0 Å². The number of carbonyl (C=O) groups excluding carboxylic acids is 2. The number of Topliss-reactive ketones (excluding diaryl/α,β-unsaturated/α-hetero) is 1. The molecule has 0 radical (unpaired) electrons. The number of nitrogens with zero attached hydrogens (tertiary/aromatic N) is 1. The van der Waals surface area contributed by atoms with Crippen LogP contribution in [0.3, 0.4) is 0 Å². The molecule has 1 atom stereocenters. The third kappa shape index (κ3) is 5.21. The summed E-state index contributed by atoms with van der Waals surface area (Å²) in [5, 5.41) is 0. The molecule has 1 heterocycles. The molecule has 1 saturated heterocycles. The molecular weight excluding hydrogens is 378 g/mol. The first kappa shape index (κ1) is 21.9. The van der Waals surface area contributed by atoms with Crippen LogP contribution in [-0.4, -0.2) is 42.9 Å². The van der Waals surface area contributed by atoms with E-state index in [1.165, 1.54) is 5.56 Å². The normalized spacial score (nSPS) is 15.7. The minimum Gasteiger partial charge on any atom is -0.497 e. The molecule has 0 aromatic heterocycles. The highest BCUT2D eigenvalue weighted by Gasteiger charge is 2.30. The standard InChI is InChI=1S/C25H31NO4/c1-17(2)21-6-5-7-23(16-21)30-18(3)25(28)26-14-12-20(13-15-26)24(27)19-8-10-22(29-4)11-9-19/h5-11,16-18,20H,12-15H2,1-4H3. The Bertz CT molecular complexity index is 867. The van der Waals surface area contributed by atoms with Crippen molar-refractivity contribution in [1.82, 2.24) is 4.90 Å². The molecule has 1 fully saturated rings. The molecule has 160 valence electrons. The minimum atomic E-state index is -0.554. The fraction of sp³-hybridized carbons (Fsp3) is 0.440. The Kier molecular flexibility index (Phi) is 7.14. The summed E-state index contributed by atoms with van der Waals surface area (Å²) in [4.78, 5) is 27.4. The number of ketones is 1. The molecule has 0 saturated carbocycles. The predicted molar refractivity (Wildman–Crippen MR) is 117 cm³/mol. The number of rotatable bonds is 7. The molecule has 3 rings (SSSR count). The van der Waals surface area contributed by atoms with Gasteiger partial charge < -0.3 is 14.4 Å². The van der Waals surface area contributed by atoms with Gasteiger partial charge in [-0.1, -0.05) is 26.0 Å². The van der Waals surface area contributed by atoms with Gasteiger partial charge in [-0.15, -0.1) is 0 Å². The maximum absolute atomic E-state index is 12.8. The Balaban J connectivity index is 1.54. The highest BCUT2D eigenvalue weighted by Crippen LogP contribution is 2.25. The Hall–Kier alpha value is -2.82. The highest BCUT2D eigenvalue weighted by atomic mass is 16.5.